The summed E-state index contributed by atoms with van der Waals surface area (Å²) in [6.45, 7) is 1.26. The highest BCUT2D eigenvalue weighted by Crippen LogP contribution is 2.28. The molecule has 1 N–H and O–H groups in total. The number of benzene rings is 1. The van der Waals surface area contributed by atoms with Crippen molar-refractivity contribution in [3.05, 3.63) is 71.9 Å². The molecule has 0 saturated heterocycles. The summed E-state index contributed by atoms with van der Waals surface area (Å²) in [6.07, 6.45) is 3.70. The number of rotatable bonds is 8. The standard InChI is InChI=1S/C22H21F3N4O2/c1-29(2)11-4-12-31-19-9-10-26-13-18(19)28-22(30)17-8-7-16(25)21(27-17)20-14(23)5-3-6-15(20)24/h3,5-10,13H,4,11-12H2,1-2H3,(H,28,30). The maximum Gasteiger partial charge on any atom is 0.274 e. The van der Waals surface area contributed by atoms with Gasteiger partial charge in [-0.1, -0.05) is 6.07 Å². The Morgan fingerprint density at radius 3 is 2.52 bits per heavy atom. The Kier molecular flexibility index (Phi) is 7.19. The molecule has 0 radical (unpaired) electrons. The van der Waals surface area contributed by atoms with Crippen LogP contribution in [0.3, 0.4) is 0 Å². The van der Waals surface area contributed by atoms with Gasteiger partial charge in [-0.15, -0.1) is 0 Å². The molecule has 162 valence electrons. The summed E-state index contributed by atoms with van der Waals surface area (Å²) >= 11 is 0. The number of carbonyl (C=O) groups is 1. The summed E-state index contributed by atoms with van der Waals surface area (Å²) < 4.78 is 48.1. The summed E-state index contributed by atoms with van der Waals surface area (Å²) in [5, 5.41) is 2.59. The Balaban J connectivity index is 1.81. The monoisotopic (exact) mass is 430 g/mol. The molecular weight excluding hydrogens is 409 g/mol. The first-order valence-corrected chi connectivity index (χ1v) is 9.50. The molecule has 31 heavy (non-hydrogen) atoms. The van der Waals surface area contributed by atoms with Crippen molar-refractivity contribution in [2.45, 2.75) is 6.42 Å². The van der Waals surface area contributed by atoms with E-state index in [2.05, 4.69) is 15.3 Å². The summed E-state index contributed by atoms with van der Waals surface area (Å²) in [6, 6.07) is 6.80. The van der Waals surface area contributed by atoms with Gasteiger partial charge in [0.15, 0.2) is 0 Å². The molecule has 3 rings (SSSR count). The zero-order valence-corrected chi connectivity index (χ0v) is 17.0. The smallest absolute Gasteiger partial charge is 0.274 e. The number of amides is 1. The SMILES string of the molecule is CN(C)CCCOc1ccncc1NC(=O)c1ccc(F)c(-c2c(F)cccc2F)n1. The maximum atomic E-state index is 14.2. The lowest BCUT2D eigenvalue weighted by Gasteiger charge is -2.14. The fraction of sp³-hybridized carbons (Fsp3) is 0.227. The number of nitrogens with one attached hydrogen (secondary N) is 1. The maximum absolute atomic E-state index is 14.2. The van der Waals surface area contributed by atoms with Crippen molar-refractivity contribution < 1.29 is 22.7 Å². The molecule has 1 aromatic carbocycles. The van der Waals surface area contributed by atoms with Crippen molar-refractivity contribution in [1.82, 2.24) is 14.9 Å². The number of ether oxygens (including phenoxy) is 1. The van der Waals surface area contributed by atoms with Gasteiger partial charge >= 0.3 is 0 Å². The third-order valence-electron chi connectivity index (χ3n) is 4.31. The number of anilines is 1. The molecule has 0 aliphatic heterocycles. The van der Waals surface area contributed by atoms with Crippen LogP contribution in [-0.4, -0.2) is 48.0 Å². The number of carbonyl (C=O) groups excluding carboxylic acids is 1. The van der Waals surface area contributed by atoms with E-state index >= 15 is 0 Å². The first-order valence-electron chi connectivity index (χ1n) is 9.50. The number of aromatic nitrogens is 2. The van der Waals surface area contributed by atoms with E-state index in [4.69, 9.17) is 4.74 Å². The van der Waals surface area contributed by atoms with Crippen LogP contribution in [0.5, 0.6) is 5.75 Å². The van der Waals surface area contributed by atoms with E-state index < -0.39 is 34.6 Å². The number of nitrogens with zero attached hydrogens (tertiary/aromatic N) is 3. The van der Waals surface area contributed by atoms with E-state index in [1.165, 1.54) is 12.4 Å². The van der Waals surface area contributed by atoms with Gasteiger partial charge in [0.1, 0.15) is 40.3 Å². The fourth-order valence-corrected chi connectivity index (χ4v) is 2.82. The van der Waals surface area contributed by atoms with Crippen molar-refractivity contribution in [1.29, 1.82) is 0 Å². The predicted molar refractivity (Wildman–Crippen MR) is 110 cm³/mol. The Morgan fingerprint density at radius 2 is 1.81 bits per heavy atom. The van der Waals surface area contributed by atoms with Gasteiger partial charge in [0.2, 0.25) is 0 Å². The van der Waals surface area contributed by atoms with Gasteiger partial charge in [-0.25, -0.2) is 18.2 Å². The number of halogens is 3. The van der Waals surface area contributed by atoms with Crippen LogP contribution in [0.25, 0.3) is 11.3 Å². The molecule has 0 bridgehead atoms. The summed E-state index contributed by atoms with van der Waals surface area (Å²) in [5.41, 5.74) is -1.15. The molecule has 9 heteroatoms. The van der Waals surface area contributed by atoms with Gasteiger partial charge in [-0.2, -0.15) is 0 Å². The van der Waals surface area contributed by atoms with E-state index in [-0.39, 0.29) is 5.69 Å². The van der Waals surface area contributed by atoms with E-state index in [1.807, 2.05) is 19.0 Å². The fourth-order valence-electron chi connectivity index (χ4n) is 2.82. The van der Waals surface area contributed by atoms with Gasteiger partial charge < -0.3 is 15.0 Å². The topological polar surface area (TPSA) is 67.3 Å². The normalized spacial score (nSPS) is 10.9. The average Bonchev–Trinajstić information content (AvgIpc) is 2.73. The number of hydrogen-bond acceptors (Lipinski definition) is 5. The highest BCUT2D eigenvalue weighted by molar-refractivity contribution is 6.03. The highest BCUT2D eigenvalue weighted by atomic mass is 19.1. The van der Waals surface area contributed by atoms with Crippen molar-refractivity contribution in [2.75, 3.05) is 32.6 Å². The molecule has 0 unspecified atom stereocenters. The molecule has 6 nitrogen and oxygen atoms in total. The minimum atomic E-state index is -0.982. The molecule has 1 amide bonds. The number of pyridine rings is 2. The third-order valence-corrected chi connectivity index (χ3v) is 4.31. The van der Waals surface area contributed by atoms with Crippen molar-refractivity contribution in [2.24, 2.45) is 0 Å². The van der Waals surface area contributed by atoms with E-state index in [9.17, 15) is 18.0 Å². The van der Waals surface area contributed by atoms with Crippen LogP contribution in [0.1, 0.15) is 16.9 Å². The minimum Gasteiger partial charge on any atom is -0.491 e. The van der Waals surface area contributed by atoms with Crippen LogP contribution in [0.4, 0.5) is 18.9 Å². The van der Waals surface area contributed by atoms with Crippen LogP contribution in [0.15, 0.2) is 48.8 Å². The number of hydrogen-bond donors (Lipinski definition) is 1. The first-order chi connectivity index (χ1) is 14.9. The third kappa shape index (κ3) is 5.58. The predicted octanol–water partition coefficient (Wildman–Crippen LogP) is 4.14. The zero-order valence-electron chi connectivity index (χ0n) is 17.0. The zero-order chi connectivity index (χ0) is 22.4. The lowest BCUT2D eigenvalue weighted by atomic mass is 10.1. The van der Waals surface area contributed by atoms with Gasteiger partial charge in [0.05, 0.1) is 18.4 Å². The van der Waals surface area contributed by atoms with Crippen LogP contribution in [0.2, 0.25) is 0 Å². The minimum absolute atomic E-state index is 0.221. The molecule has 0 fully saturated rings. The second-order valence-electron chi connectivity index (χ2n) is 6.95. The summed E-state index contributed by atoms with van der Waals surface area (Å²) in [5.74, 6) is -3.21. The molecule has 0 saturated carbocycles. The Morgan fingerprint density at radius 1 is 1.06 bits per heavy atom. The lowest BCUT2D eigenvalue weighted by molar-refractivity contribution is 0.102. The van der Waals surface area contributed by atoms with Gasteiger partial charge in [0.25, 0.3) is 5.91 Å². The molecule has 2 aromatic heterocycles. The van der Waals surface area contributed by atoms with Crippen LogP contribution < -0.4 is 10.1 Å². The average molecular weight is 430 g/mol. The van der Waals surface area contributed by atoms with Crippen LogP contribution >= 0.6 is 0 Å². The quantitative estimate of drug-likeness (QED) is 0.544. The van der Waals surface area contributed by atoms with Crippen LogP contribution in [-0.2, 0) is 0 Å². The molecule has 0 spiro atoms. The van der Waals surface area contributed by atoms with Gasteiger partial charge in [-0.05, 0) is 44.8 Å². The highest BCUT2D eigenvalue weighted by Gasteiger charge is 2.20. The van der Waals surface area contributed by atoms with E-state index in [1.54, 1.807) is 6.07 Å². The molecule has 0 atom stereocenters. The molecule has 3 aromatic rings. The van der Waals surface area contributed by atoms with E-state index in [0.717, 1.165) is 43.3 Å². The second kappa shape index (κ2) is 10.0. The first kappa shape index (κ1) is 22.2. The Bertz CT molecular complexity index is 1060. The molecule has 0 aliphatic carbocycles. The summed E-state index contributed by atoms with van der Waals surface area (Å²) in [4.78, 5) is 22.5. The lowest BCUT2D eigenvalue weighted by Crippen LogP contribution is -2.17. The van der Waals surface area contributed by atoms with E-state index in [0.29, 0.717) is 18.0 Å². The van der Waals surface area contributed by atoms with Crippen molar-refractivity contribution in [3.8, 4) is 17.0 Å². The largest absolute Gasteiger partial charge is 0.491 e. The second-order valence-corrected chi connectivity index (χ2v) is 6.95. The van der Waals surface area contributed by atoms with Crippen molar-refractivity contribution >= 4 is 11.6 Å². The Hall–Kier alpha value is -3.46. The Labute approximate surface area is 177 Å². The molecule has 0 aliphatic rings. The van der Waals surface area contributed by atoms with Gasteiger partial charge in [-0.3, -0.25) is 9.78 Å². The van der Waals surface area contributed by atoms with Crippen LogP contribution in [0, 0.1) is 17.5 Å². The van der Waals surface area contributed by atoms with Crippen molar-refractivity contribution in [3.63, 3.8) is 0 Å². The molecule has 2 heterocycles. The van der Waals surface area contributed by atoms with Gasteiger partial charge in [0, 0.05) is 18.8 Å². The summed E-state index contributed by atoms with van der Waals surface area (Å²) in [7, 11) is 3.91. The molecular formula is C22H21F3N4O2.